The van der Waals surface area contributed by atoms with Gasteiger partial charge in [-0.05, 0) is 44.2 Å². The van der Waals surface area contributed by atoms with Crippen LogP contribution in [0.4, 0.5) is 5.69 Å². The monoisotopic (exact) mass is 361 g/mol. The molecule has 4 nitrogen and oxygen atoms in total. The Kier molecular flexibility index (Phi) is 4.85. The van der Waals surface area contributed by atoms with Crippen molar-refractivity contribution in [3.63, 3.8) is 0 Å². The minimum absolute atomic E-state index is 0.107. The van der Waals surface area contributed by atoms with E-state index < -0.39 is 0 Å². The average Bonchev–Trinajstić information content (AvgIpc) is 2.92. The SMILES string of the molecule is Cc1ccc(C)c(/C=C2\C(=O)N(CN3CCN(C)CC3)c3ccccc32)c1. The molecule has 2 aromatic rings. The zero-order valence-electron chi connectivity index (χ0n) is 16.4. The zero-order chi connectivity index (χ0) is 19.0. The molecule has 0 aliphatic carbocycles. The Morgan fingerprint density at radius 1 is 1.00 bits per heavy atom. The number of carbonyl (C=O) groups excluding carboxylic acids is 1. The summed E-state index contributed by atoms with van der Waals surface area (Å²) in [6.07, 6.45) is 2.06. The summed E-state index contributed by atoms with van der Waals surface area (Å²) in [6.45, 7) is 8.94. The smallest absolute Gasteiger partial charge is 0.260 e. The maximum Gasteiger partial charge on any atom is 0.260 e. The maximum absolute atomic E-state index is 13.3. The van der Waals surface area contributed by atoms with Crippen LogP contribution in [0.15, 0.2) is 42.5 Å². The van der Waals surface area contributed by atoms with E-state index in [1.165, 1.54) is 11.1 Å². The Balaban J connectivity index is 1.67. The molecule has 1 fully saturated rings. The van der Waals surface area contributed by atoms with Crippen molar-refractivity contribution in [2.45, 2.75) is 13.8 Å². The molecule has 2 heterocycles. The van der Waals surface area contributed by atoms with E-state index in [4.69, 9.17) is 0 Å². The molecule has 0 saturated carbocycles. The van der Waals surface area contributed by atoms with E-state index in [9.17, 15) is 4.79 Å². The molecule has 0 bridgehead atoms. The fourth-order valence-electron chi connectivity index (χ4n) is 3.85. The summed E-state index contributed by atoms with van der Waals surface area (Å²) < 4.78 is 0. The number of hydrogen-bond donors (Lipinski definition) is 0. The minimum Gasteiger partial charge on any atom is -0.304 e. The first kappa shape index (κ1) is 18.0. The molecule has 0 radical (unpaired) electrons. The summed E-state index contributed by atoms with van der Waals surface area (Å²) in [7, 11) is 2.15. The van der Waals surface area contributed by atoms with Gasteiger partial charge < -0.3 is 4.90 Å². The van der Waals surface area contributed by atoms with Gasteiger partial charge >= 0.3 is 0 Å². The molecule has 4 rings (SSSR count). The number of hydrogen-bond acceptors (Lipinski definition) is 3. The molecule has 0 atom stereocenters. The molecule has 0 unspecified atom stereocenters. The molecule has 0 spiro atoms. The van der Waals surface area contributed by atoms with Crippen molar-refractivity contribution in [2.75, 3.05) is 44.8 Å². The highest BCUT2D eigenvalue weighted by Crippen LogP contribution is 2.38. The molecular formula is C23H27N3O. The predicted octanol–water partition coefficient (Wildman–Crippen LogP) is 3.40. The molecule has 2 aromatic carbocycles. The first-order chi connectivity index (χ1) is 13.0. The lowest BCUT2D eigenvalue weighted by atomic mass is 10.00. The van der Waals surface area contributed by atoms with Crippen LogP contribution in [0.5, 0.6) is 0 Å². The first-order valence-corrected chi connectivity index (χ1v) is 9.64. The van der Waals surface area contributed by atoms with Gasteiger partial charge in [-0.25, -0.2) is 0 Å². The summed E-state index contributed by atoms with van der Waals surface area (Å²) in [5, 5.41) is 0. The van der Waals surface area contributed by atoms with Crippen LogP contribution in [0.1, 0.15) is 22.3 Å². The second kappa shape index (κ2) is 7.29. The van der Waals surface area contributed by atoms with Gasteiger partial charge in [-0.2, -0.15) is 0 Å². The molecule has 0 N–H and O–H groups in total. The summed E-state index contributed by atoms with van der Waals surface area (Å²) in [5.41, 5.74) is 6.38. The van der Waals surface area contributed by atoms with E-state index in [-0.39, 0.29) is 5.91 Å². The predicted molar refractivity (Wildman–Crippen MR) is 112 cm³/mol. The van der Waals surface area contributed by atoms with Crippen LogP contribution in [-0.4, -0.2) is 55.6 Å². The van der Waals surface area contributed by atoms with Crippen molar-refractivity contribution in [1.29, 1.82) is 0 Å². The molecule has 1 amide bonds. The fraction of sp³-hybridized carbons (Fsp3) is 0.348. The van der Waals surface area contributed by atoms with Gasteiger partial charge in [0.05, 0.1) is 12.4 Å². The molecule has 2 aliphatic heterocycles. The van der Waals surface area contributed by atoms with Gasteiger partial charge in [0.1, 0.15) is 0 Å². The first-order valence-electron chi connectivity index (χ1n) is 9.64. The average molecular weight is 361 g/mol. The van der Waals surface area contributed by atoms with Crippen LogP contribution in [0.2, 0.25) is 0 Å². The lowest BCUT2D eigenvalue weighted by Crippen LogP contribution is -2.49. The molecule has 0 aromatic heterocycles. The van der Waals surface area contributed by atoms with Crippen LogP contribution >= 0.6 is 0 Å². The fourth-order valence-corrected chi connectivity index (χ4v) is 3.85. The van der Waals surface area contributed by atoms with Gasteiger partial charge in [-0.1, -0.05) is 42.0 Å². The van der Waals surface area contributed by atoms with E-state index in [0.29, 0.717) is 6.67 Å². The van der Waals surface area contributed by atoms with Gasteiger partial charge in [0.15, 0.2) is 0 Å². The lowest BCUT2D eigenvalue weighted by Gasteiger charge is -2.34. The van der Waals surface area contributed by atoms with Crippen LogP contribution in [-0.2, 0) is 4.79 Å². The summed E-state index contributed by atoms with van der Waals surface area (Å²) >= 11 is 0. The summed E-state index contributed by atoms with van der Waals surface area (Å²) in [6, 6.07) is 14.5. The quantitative estimate of drug-likeness (QED) is 0.784. The number of nitrogens with zero attached hydrogens (tertiary/aromatic N) is 3. The Bertz CT molecular complexity index is 894. The maximum atomic E-state index is 13.3. The second-order valence-corrected chi connectivity index (χ2v) is 7.73. The number of piperazine rings is 1. The third-order valence-electron chi connectivity index (χ3n) is 5.63. The number of anilines is 1. The Hall–Kier alpha value is -2.43. The lowest BCUT2D eigenvalue weighted by molar-refractivity contribution is -0.113. The van der Waals surface area contributed by atoms with Crippen LogP contribution in [0.25, 0.3) is 11.6 Å². The number of amides is 1. The number of rotatable bonds is 3. The van der Waals surface area contributed by atoms with E-state index in [1.54, 1.807) is 0 Å². The van der Waals surface area contributed by atoms with Crippen molar-refractivity contribution in [1.82, 2.24) is 9.80 Å². The van der Waals surface area contributed by atoms with Crippen LogP contribution in [0.3, 0.4) is 0 Å². The third-order valence-corrected chi connectivity index (χ3v) is 5.63. The Morgan fingerprint density at radius 3 is 2.52 bits per heavy atom. The molecular weight excluding hydrogens is 334 g/mol. The highest BCUT2D eigenvalue weighted by Gasteiger charge is 2.33. The molecule has 27 heavy (non-hydrogen) atoms. The number of para-hydroxylation sites is 1. The number of fused-ring (bicyclic) bond motifs is 1. The van der Waals surface area contributed by atoms with Gasteiger partial charge in [0, 0.05) is 37.3 Å². The molecule has 2 aliphatic rings. The standard InChI is InChI=1S/C23H27N3O/c1-17-8-9-18(2)19(14-17)15-21-20-6-4-5-7-22(20)26(23(21)27)16-25-12-10-24(3)11-13-25/h4-9,14-15H,10-13,16H2,1-3H3/b21-15-. The van der Waals surface area contributed by atoms with Crippen molar-refractivity contribution in [2.24, 2.45) is 0 Å². The second-order valence-electron chi connectivity index (χ2n) is 7.73. The van der Waals surface area contributed by atoms with Crippen LogP contribution in [0, 0.1) is 13.8 Å². The van der Waals surface area contributed by atoms with E-state index in [1.807, 2.05) is 17.0 Å². The molecule has 4 heteroatoms. The summed E-state index contributed by atoms with van der Waals surface area (Å²) in [4.78, 5) is 20.0. The van der Waals surface area contributed by atoms with Gasteiger partial charge in [0.2, 0.25) is 0 Å². The number of benzene rings is 2. The van der Waals surface area contributed by atoms with Gasteiger partial charge in [-0.15, -0.1) is 0 Å². The van der Waals surface area contributed by atoms with Gasteiger partial charge in [0.25, 0.3) is 5.91 Å². The normalized spacial score (nSPS) is 19.7. The van der Waals surface area contributed by atoms with Crippen molar-refractivity contribution >= 4 is 23.2 Å². The number of likely N-dealkylation sites (N-methyl/N-ethyl adjacent to an activating group) is 1. The number of carbonyl (C=O) groups is 1. The topological polar surface area (TPSA) is 26.8 Å². The van der Waals surface area contributed by atoms with E-state index in [0.717, 1.165) is 48.6 Å². The van der Waals surface area contributed by atoms with Crippen LogP contribution < -0.4 is 4.90 Å². The molecule has 1 saturated heterocycles. The Morgan fingerprint density at radius 2 is 1.74 bits per heavy atom. The van der Waals surface area contributed by atoms with Crippen molar-refractivity contribution in [3.8, 4) is 0 Å². The summed E-state index contributed by atoms with van der Waals surface area (Å²) in [5.74, 6) is 0.107. The van der Waals surface area contributed by atoms with Crippen molar-refractivity contribution in [3.05, 3.63) is 64.7 Å². The number of aryl methyl sites for hydroxylation is 2. The third kappa shape index (κ3) is 3.55. The van der Waals surface area contributed by atoms with Gasteiger partial charge in [-0.3, -0.25) is 14.6 Å². The van der Waals surface area contributed by atoms with E-state index >= 15 is 0 Å². The Labute approximate surface area is 161 Å². The zero-order valence-corrected chi connectivity index (χ0v) is 16.4. The highest BCUT2D eigenvalue weighted by molar-refractivity contribution is 6.35. The highest BCUT2D eigenvalue weighted by atomic mass is 16.2. The molecule has 140 valence electrons. The largest absolute Gasteiger partial charge is 0.304 e. The van der Waals surface area contributed by atoms with E-state index in [2.05, 4.69) is 67.1 Å². The minimum atomic E-state index is 0.107. The van der Waals surface area contributed by atoms with Crippen molar-refractivity contribution < 1.29 is 4.79 Å².